The van der Waals surface area contributed by atoms with Gasteiger partial charge in [-0.05, 0) is 13.5 Å². The molecule has 4 heteroatoms. The van der Waals surface area contributed by atoms with E-state index in [-0.39, 0.29) is 0 Å². The van der Waals surface area contributed by atoms with Gasteiger partial charge in [-0.15, -0.1) is 0 Å². The third kappa shape index (κ3) is 4.63. The lowest BCUT2D eigenvalue weighted by atomic mass is 10.2. The van der Waals surface area contributed by atoms with E-state index in [1.807, 2.05) is 13.1 Å². The molecule has 0 radical (unpaired) electrons. The van der Waals surface area contributed by atoms with Gasteiger partial charge in [-0.3, -0.25) is 0 Å². The maximum Gasteiger partial charge on any atom is 0.131 e. The van der Waals surface area contributed by atoms with Crippen molar-refractivity contribution in [3.05, 3.63) is 29.9 Å². The van der Waals surface area contributed by atoms with Crippen molar-refractivity contribution in [1.29, 1.82) is 0 Å². The normalized spacial score (nSPS) is 10.8. The molecule has 1 aromatic heterocycles. The first-order valence-corrected chi connectivity index (χ1v) is 6.87. The van der Waals surface area contributed by atoms with Crippen LogP contribution in [0.25, 0.3) is 0 Å². The predicted molar refractivity (Wildman–Crippen MR) is 81.6 cm³/mol. The van der Waals surface area contributed by atoms with E-state index in [9.17, 15) is 0 Å². The number of hydrogen-bond acceptors (Lipinski definition) is 4. The van der Waals surface area contributed by atoms with Gasteiger partial charge in [0, 0.05) is 26.1 Å². The average molecular weight is 262 g/mol. The molecule has 1 rings (SSSR count). The molecule has 1 N–H and O–H groups in total. The molecule has 106 valence electrons. The highest BCUT2D eigenvalue weighted by atomic mass is 15.1. The summed E-state index contributed by atoms with van der Waals surface area (Å²) in [5, 5.41) is 3.34. The zero-order valence-electron chi connectivity index (χ0n) is 12.8. The summed E-state index contributed by atoms with van der Waals surface area (Å²) in [4.78, 5) is 11.3. The first-order chi connectivity index (χ1) is 8.95. The minimum atomic E-state index is 0.348. The van der Waals surface area contributed by atoms with Crippen molar-refractivity contribution < 1.29 is 0 Å². The van der Waals surface area contributed by atoms with Crippen LogP contribution in [0.15, 0.2) is 18.3 Å². The monoisotopic (exact) mass is 262 g/mol. The zero-order chi connectivity index (χ0) is 14.4. The average Bonchev–Trinajstić information content (AvgIpc) is 2.34. The van der Waals surface area contributed by atoms with Crippen LogP contribution in [-0.2, 0) is 6.54 Å². The number of likely N-dealkylation sites (N-methyl/N-ethyl adjacent to an activating group) is 1. The second-order valence-electron chi connectivity index (χ2n) is 5.31. The van der Waals surface area contributed by atoms with Crippen LogP contribution in [0, 0.1) is 0 Å². The van der Waals surface area contributed by atoms with Crippen LogP contribution in [0.3, 0.4) is 0 Å². The minimum absolute atomic E-state index is 0.348. The standard InChI is InChI=1S/C15H26N4/c1-7-16-8-13-14(19(6)10-11(2)3)9-17-15(18-13)12(4)5/h9,12,16H,2,7-8,10H2,1,3-6H3. The summed E-state index contributed by atoms with van der Waals surface area (Å²) in [6.45, 7) is 14.9. The number of anilines is 1. The van der Waals surface area contributed by atoms with Crippen molar-refractivity contribution >= 4 is 5.69 Å². The van der Waals surface area contributed by atoms with Gasteiger partial charge in [-0.1, -0.05) is 32.9 Å². The molecule has 0 aliphatic heterocycles. The van der Waals surface area contributed by atoms with Crippen molar-refractivity contribution in [2.75, 3.05) is 25.0 Å². The molecule has 0 amide bonds. The van der Waals surface area contributed by atoms with Crippen LogP contribution in [0.5, 0.6) is 0 Å². The van der Waals surface area contributed by atoms with E-state index < -0.39 is 0 Å². The molecule has 0 bridgehead atoms. The smallest absolute Gasteiger partial charge is 0.131 e. The quantitative estimate of drug-likeness (QED) is 0.767. The number of hydrogen-bond donors (Lipinski definition) is 1. The Morgan fingerprint density at radius 2 is 2.16 bits per heavy atom. The van der Waals surface area contributed by atoms with Crippen LogP contribution in [0.4, 0.5) is 5.69 Å². The summed E-state index contributed by atoms with van der Waals surface area (Å²) in [5.74, 6) is 1.25. The van der Waals surface area contributed by atoms with Gasteiger partial charge in [0.15, 0.2) is 0 Å². The largest absolute Gasteiger partial charge is 0.368 e. The lowest BCUT2D eigenvalue weighted by Crippen LogP contribution is -2.24. The predicted octanol–water partition coefficient (Wildman–Crippen LogP) is 2.72. The minimum Gasteiger partial charge on any atom is -0.368 e. The Kier molecular flexibility index (Phi) is 5.96. The maximum atomic E-state index is 4.69. The Balaban J connectivity index is 3.03. The summed E-state index contributed by atoms with van der Waals surface area (Å²) in [5.41, 5.74) is 3.27. The van der Waals surface area contributed by atoms with Gasteiger partial charge in [-0.25, -0.2) is 9.97 Å². The summed E-state index contributed by atoms with van der Waals surface area (Å²) >= 11 is 0. The fourth-order valence-corrected chi connectivity index (χ4v) is 1.89. The molecule has 1 aromatic rings. The highest BCUT2D eigenvalue weighted by Crippen LogP contribution is 2.20. The summed E-state index contributed by atoms with van der Waals surface area (Å²) in [6, 6.07) is 0. The van der Waals surface area contributed by atoms with Gasteiger partial charge in [0.2, 0.25) is 0 Å². The van der Waals surface area contributed by atoms with E-state index in [4.69, 9.17) is 4.98 Å². The van der Waals surface area contributed by atoms with E-state index in [1.54, 1.807) is 0 Å². The van der Waals surface area contributed by atoms with Crippen LogP contribution < -0.4 is 10.2 Å². The third-order valence-corrected chi connectivity index (χ3v) is 2.84. The summed E-state index contributed by atoms with van der Waals surface area (Å²) in [7, 11) is 2.05. The molecular weight excluding hydrogens is 236 g/mol. The van der Waals surface area contributed by atoms with Crippen LogP contribution in [0.2, 0.25) is 0 Å². The molecule has 0 atom stereocenters. The van der Waals surface area contributed by atoms with Gasteiger partial charge in [0.05, 0.1) is 17.6 Å². The molecule has 0 aliphatic carbocycles. The van der Waals surface area contributed by atoms with Crippen molar-refractivity contribution in [3.8, 4) is 0 Å². The van der Waals surface area contributed by atoms with E-state index in [2.05, 4.69) is 49.6 Å². The van der Waals surface area contributed by atoms with Crippen molar-refractivity contribution in [2.45, 2.75) is 40.2 Å². The molecule has 0 saturated carbocycles. The lowest BCUT2D eigenvalue weighted by molar-refractivity contribution is 0.684. The van der Waals surface area contributed by atoms with Gasteiger partial charge in [0.1, 0.15) is 5.82 Å². The fourth-order valence-electron chi connectivity index (χ4n) is 1.89. The Bertz CT molecular complexity index is 426. The van der Waals surface area contributed by atoms with Crippen molar-refractivity contribution in [3.63, 3.8) is 0 Å². The first-order valence-electron chi connectivity index (χ1n) is 6.87. The van der Waals surface area contributed by atoms with Gasteiger partial charge >= 0.3 is 0 Å². The molecule has 0 spiro atoms. The molecule has 0 unspecified atom stereocenters. The summed E-state index contributed by atoms with van der Waals surface area (Å²) < 4.78 is 0. The highest BCUT2D eigenvalue weighted by Gasteiger charge is 2.12. The molecule has 0 saturated heterocycles. The molecule has 0 aliphatic rings. The van der Waals surface area contributed by atoms with Crippen LogP contribution in [-0.4, -0.2) is 30.1 Å². The first kappa shape index (κ1) is 15.6. The lowest BCUT2D eigenvalue weighted by Gasteiger charge is -2.22. The van der Waals surface area contributed by atoms with Crippen molar-refractivity contribution in [2.24, 2.45) is 0 Å². The molecule has 1 heterocycles. The molecular formula is C15H26N4. The Labute approximate surface area is 117 Å². The molecule has 4 nitrogen and oxygen atoms in total. The topological polar surface area (TPSA) is 41.1 Å². The van der Waals surface area contributed by atoms with Gasteiger partial charge in [-0.2, -0.15) is 0 Å². The van der Waals surface area contributed by atoms with E-state index in [0.29, 0.717) is 5.92 Å². The van der Waals surface area contributed by atoms with Crippen LogP contribution in [0.1, 0.15) is 45.1 Å². The van der Waals surface area contributed by atoms with Crippen LogP contribution >= 0.6 is 0 Å². The molecule has 0 fully saturated rings. The van der Waals surface area contributed by atoms with Crippen molar-refractivity contribution in [1.82, 2.24) is 15.3 Å². The molecule has 19 heavy (non-hydrogen) atoms. The second kappa shape index (κ2) is 7.24. The molecule has 0 aromatic carbocycles. The van der Waals surface area contributed by atoms with E-state index >= 15 is 0 Å². The Morgan fingerprint density at radius 1 is 1.47 bits per heavy atom. The zero-order valence-corrected chi connectivity index (χ0v) is 12.8. The Morgan fingerprint density at radius 3 is 2.68 bits per heavy atom. The number of aromatic nitrogens is 2. The highest BCUT2D eigenvalue weighted by molar-refractivity contribution is 5.49. The summed E-state index contributed by atoms with van der Waals surface area (Å²) in [6.07, 6.45) is 1.93. The van der Waals surface area contributed by atoms with Gasteiger partial charge in [0.25, 0.3) is 0 Å². The third-order valence-electron chi connectivity index (χ3n) is 2.84. The second-order valence-corrected chi connectivity index (χ2v) is 5.31. The van der Waals surface area contributed by atoms with E-state index in [0.717, 1.165) is 42.4 Å². The fraction of sp³-hybridized carbons (Fsp3) is 0.600. The van der Waals surface area contributed by atoms with Gasteiger partial charge < -0.3 is 10.2 Å². The number of rotatable bonds is 7. The van der Waals surface area contributed by atoms with E-state index in [1.165, 1.54) is 0 Å². The number of nitrogens with one attached hydrogen (secondary N) is 1. The Hall–Kier alpha value is -1.42. The SMILES string of the molecule is C=C(C)CN(C)c1cnc(C(C)C)nc1CNCC. The maximum absolute atomic E-state index is 4.69. The number of nitrogens with zero attached hydrogens (tertiary/aromatic N) is 3.